The van der Waals surface area contributed by atoms with Crippen molar-refractivity contribution in [1.29, 1.82) is 0 Å². The van der Waals surface area contributed by atoms with E-state index in [2.05, 4.69) is 15.5 Å². The molecule has 1 amide bonds. The van der Waals surface area contributed by atoms with Gasteiger partial charge >= 0.3 is 0 Å². The van der Waals surface area contributed by atoms with E-state index in [-0.39, 0.29) is 34.5 Å². The number of amides is 1. The van der Waals surface area contributed by atoms with E-state index in [1.807, 2.05) is 0 Å². The van der Waals surface area contributed by atoms with Gasteiger partial charge in [0, 0.05) is 11.8 Å². The summed E-state index contributed by atoms with van der Waals surface area (Å²) in [6.45, 7) is -0.320. The number of carbonyl (C=O) groups excluding carboxylic acids is 1. The Morgan fingerprint density at radius 1 is 1.10 bits per heavy atom. The fourth-order valence-corrected chi connectivity index (χ4v) is 3.02. The molecule has 0 atom stereocenters. The third-order valence-corrected chi connectivity index (χ3v) is 4.61. The van der Waals surface area contributed by atoms with Crippen LogP contribution in [0.3, 0.4) is 0 Å². The molecule has 31 heavy (non-hydrogen) atoms. The molecule has 0 bridgehead atoms. The zero-order valence-corrected chi connectivity index (χ0v) is 16.4. The van der Waals surface area contributed by atoms with Crippen LogP contribution in [0.1, 0.15) is 0 Å². The van der Waals surface area contributed by atoms with Crippen molar-refractivity contribution < 1.29 is 18.1 Å². The van der Waals surface area contributed by atoms with Crippen LogP contribution in [0.4, 0.5) is 14.5 Å². The molecule has 10 heteroatoms. The minimum Gasteiger partial charge on any atom is -0.333 e. The van der Waals surface area contributed by atoms with Crippen molar-refractivity contribution in [1.82, 2.24) is 14.7 Å². The summed E-state index contributed by atoms with van der Waals surface area (Å²) in [5, 5.41) is 6.37. The second kappa shape index (κ2) is 8.49. The first-order valence-corrected chi connectivity index (χ1v) is 9.33. The van der Waals surface area contributed by atoms with Gasteiger partial charge in [-0.3, -0.25) is 9.59 Å². The number of aromatic nitrogens is 3. The van der Waals surface area contributed by atoms with E-state index in [1.54, 1.807) is 6.07 Å². The molecule has 0 unspecified atom stereocenters. The summed E-state index contributed by atoms with van der Waals surface area (Å²) in [6, 6.07) is 12.1. The van der Waals surface area contributed by atoms with Crippen LogP contribution in [0.15, 0.2) is 70.1 Å². The van der Waals surface area contributed by atoms with Gasteiger partial charge in [0.25, 0.3) is 11.4 Å². The molecule has 2 aromatic heterocycles. The summed E-state index contributed by atoms with van der Waals surface area (Å²) < 4.78 is 32.6. The predicted molar refractivity (Wildman–Crippen MR) is 109 cm³/mol. The topological polar surface area (TPSA) is 90.0 Å². The molecule has 4 aromatic rings. The average Bonchev–Trinajstić information content (AvgIpc) is 3.22. The van der Waals surface area contributed by atoms with E-state index in [0.29, 0.717) is 5.56 Å². The molecule has 0 spiro atoms. The number of pyridine rings is 1. The molecule has 0 saturated carbocycles. The molecule has 0 aliphatic heterocycles. The lowest BCUT2D eigenvalue weighted by atomic mass is 10.2. The normalized spacial score (nSPS) is 10.8. The van der Waals surface area contributed by atoms with Gasteiger partial charge in [-0.05, 0) is 54.6 Å². The summed E-state index contributed by atoms with van der Waals surface area (Å²) >= 11 is 5.90. The highest BCUT2D eigenvalue weighted by Crippen LogP contribution is 2.23. The molecular formula is C21H13ClF2N4O3. The van der Waals surface area contributed by atoms with E-state index >= 15 is 0 Å². The Hall–Kier alpha value is -3.85. The van der Waals surface area contributed by atoms with Crippen LogP contribution < -0.4 is 10.9 Å². The van der Waals surface area contributed by atoms with Gasteiger partial charge in [-0.2, -0.15) is 4.98 Å². The number of halogens is 3. The summed E-state index contributed by atoms with van der Waals surface area (Å²) in [5.74, 6) is -1.33. The third kappa shape index (κ3) is 4.51. The minimum absolute atomic E-state index is 0.0358. The zero-order chi connectivity index (χ0) is 22.0. The van der Waals surface area contributed by atoms with E-state index in [0.717, 1.165) is 16.7 Å². The highest BCUT2D eigenvalue weighted by molar-refractivity contribution is 6.33. The molecular weight excluding hydrogens is 430 g/mol. The Labute approximate surface area is 178 Å². The fourth-order valence-electron chi connectivity index (χ4n) is 2.81. The maximum absolute atomic E-state index is 13.1. The smallest absolute Gasteiger partial charge is 0.263 e. The van der Waals surface area contributed by atoms with Crippen LogP contribution in [-0.4, -0.2) is 20.6 Å². The number of hydrogen-bond donors (Lipinski definition) is 1. The number of benzene rings is 2. The number of hydrogen-bond acceptors (Lipinski definition) is 5. The van der Waals surface area contributed by atoms with E-state index < -0.39 is 23.1 Å². The summed E-state index contributed by atoms with van der Waals surface area (Å²) in [7, 11) is 0. The lowest BCUT2D eigenvalue weighted by Gasteiger charge is -2.09. The van der Waals surface area contributed by atoms with Crippen molar-refractivity contribution in [3.8, 4) is 22.8 Å². The van der Waals surface area contributed by atoms with E-state index in [9.17, 15) is 18.4 Å². The fraction of sp³-hybridized carbons (Fsp3) is 0.0476. The van der Waals surface area contributed by atoms with Crippen LogP contribution in [-0.2, 0) is 11.3 Å². The zero-order valence-electron chi connectivity index (χ0n) is 15.7. The summed E-state index contributed by atoms with van der Waals surface area (Å²) in [6.07, 6.45) is 1.43. The van der Waals surface area contributed by atoms with Gasteiger partial charge in [0.2, 0.25) is 11.7 Å². The van der Waals surface area contributed by atoms with Gasteiger partial charge < -0.3 is 14.4 Å². The molecule has 2 aromatic carbocycles. The average molecular weight is 443 g/mol. The van der Waals surface area contributed by atoms with Gasteiger partial charge in [-0.25, -0.2) is 8.78 Å². The Kier molecular flexibility index (Phi) is 5.59. The highest BCUT2D eigenvalue weighted by atomic mass is 35.5. The summed E-state index contributed by atoms with van der Waals surface area (Å²) in [4.78, 5) is 29.3. The first kappa shape index (κ1) is 20.4. The van der Waals surface area contributed by atoms with Crippen LogP contribution >= 0.6 is 11.6 Å². The minimum atomic E-state index is -0.537. The van der Waals surface area contributed by atoms with Gasteiger partial charge in [-0.15, -0.1) is 0 Å². The molecule has 0 saturated heterocycles. The van der Waals surface area contributed by atoms with Crippen molar-refractivity contribution in [2.75, 3.05) is 5.32 Å². The van der Waals surface area contributed by atoms with Crippen molar-refractivity contribution in [2.45, 2.75) is 6.54 Å². The highest BCUT2D eigenvalue weighted by Gasteiger charge is 2.16. The first-order chi connectivity index (χ1) is 14.9. The van der Waals surface area contributed by atoms with Crippen LogP contribution in [0, 0.1) is 11.6 Å². The number of nitrogens with one attached hydrogen (secondary N) is 1. The van der Waals surface area contributed by atoms with Crippen LogP contribution in [0.25, 0.3) is 22.8 Å². The molecule has 0 aliphatic carbocycles. The van der Waals surface area contributed by atoms with E-state index in [1.165, 1.54) is 42.6 Å². The van der Waals surface area contributed by atoms with E-state index in [4.69, 9.17) is 16.1 Å². The second-order valence-corrected chi connectivity index (χ2v) is 6.86. The Balaban J connectivity index is 1.55. The first-order valence-electron chi connectivity index (χ1n) is 8.95. The maximum Gasteiger partial charge on any atom is 0.263 e. The monoisotopic (exact) mass is 442 g/mol. The standard InChI is InChI=1S/C21H13ClF2N4O3/c22-16-10-14(24)7-8-17(16)25-18(29)11-28-9-1-2-15(21(28)30)20-26-19(27-31-20)12-3-5-13(23)6-4-12/h1-10H,11H2,(H,25,29). The molecule has 0 radical (unpaired) electrons. The van der Waals surface area contributed by atoms with Gasteiger partial charge in [0.15, 0.2) is 0 Å². The predicted octanol–water partition coefficient (Wildman–Crippen LogP) is 4.14. The molecule has 156 valence electrons. The Morgan fingerprint density at radius 2 is 1.84 bits per heavy atom. The molecule has 0 aliphatic rings. The van der Waals surface area contributed by atoms with Gasteiger partial charge in [0.05, 0.1) is 10.7 Å². The Bertz CT molecular complexity index is 1320. The molecule has 2 heterocycles. The quantitative estimate of drug-likeness (QED) is 0.502. The lowest BCUT2D eigenvalue weighted by molar-refractivity contribution is -0.116. The maximum atomic E-state index is 13.1. The molecule has 7 nitrogen and oxygen atoms in total. The van der Waals surface area contributed by atoms with Crippen molar-refractivity contribution in [3.63, 3.8) is 0 Å². The lowest BCUT2D eigenvalue weighted by Crippen LogP contribution is -2.28. The third-order valence-electron chi connectivity index (χ3n) is 4.30. The number of carbonyl (C=O) groups is 1. The second-order valence-electron chi connectivity index (χ2n) is 6.46. The van der Waals surface area contributed by atoms with Crippen molar-refractivity contribution in [3.05, 3.63) is 87.8 Å². The van der Waals surface area contributed by atoms with Crippen molar-refractivity contribution in [2.24, 2.45) is 0 Å². The molecule has 0 fully saturated rings. The number of anilines is 1. The van der Waals surface area contributed by atoms with Gasteiger partial charge in [0.1, 0.15) is 23.7 Å². The summed E-state index contributed by atoms with van der Waals surface area (Å²) in [5.41, 5.74) is 0.300. The van der Waals surface area contributed by atoms with Crippen molar-refractivity contribution >= 4 is 23.2 Å². The largest absolute Gasteiger partial charge is 0.333 e. The van der Waals surface area contributed by atoms with Gasteiger partial charge in [-0.1, -0.05) is 16.8 Å². The Morgan fingerprint density at radius 3 is 2.58 bits per heavy atom. The number of rotatable bonds is 5. The van der Waals surface area contributed by atoms with Crippen LogP contribution in [0.5, 0.6) is 0 Å². The van der Waals surface area contributed by atoms with Crippen LogP contribution in [0.2, 0.25) is 5.02 Å². The SMILES string of the molecule is O=C(Cn1cccc(-c2nc(-c3ccc(F)cc3)no2)c1=O)Nc1ccc(F)cc1Cl. The number of nitrogens with zero attached hydrogens (tertiary/aromatic N) is 3. The molecule has 1 N–H and O–H groups in total. The molecule has 4 rings (SSSR count).